The van der Waals surface area contributed by atoms with Crippen molar-refractivity contribution in [2.24, 2.45) is 0 Å². The van der Waals surface area contributed by atoms with Crippen LogP contribution in [0.25, 0.3) is 10.6 Å². The van der Waals surface area contributed by atoms with Gasteiger partial charge < -0.3 is 15.0 Å². The molecule has 0 bridgehead atoms. The molecule has 0 unspecified atom stereocenters. The van der Waals surface area contributed by atoms with E-state index in [9.17, 15) is 18.0 Å². The maximum atomic E-state index is 13.7. The van der Waals surface area contributed by atoms with Crippen molar-refractivity contribution in [2.45, 2.75) is 32.5 Å². The first-order valence-electron chi connectivity index (χ1n) is 10.4. The summed E-state index contributed by atoms with van der Waals surface area (Å²) >= 11 is 0.995. The number of benzene rings is 1. The molecule has 1 aliphatic rings. The lowest BCUT2D eigenvalue weighted by atomic mass is 9.95. The molecule has 1 aromatic carbocycles. The number of ether oxygens (including phenoxy) is 1. The molecule has 0 radical (unpaired) electrons. The minimum Gasteiger partial charge on any atom is -0.465 e. The van der Waals surface area contributed by atoms with E-state index in [-0.39, 0.29) is 22.1 Å². The predicted molar refractivity (Wildman–Crippen MR) is 121 cm³/mol. The van der Waals surface area contributed by atoms with E-state index in [1.807, 2.05) is 13.0 Å². The van der Waals surface area contributed by atoms with Crippen molar-refractivity contribution < 1.29 is 22.7 Å². The second kappa shape index (κ2) is 9.11. The Morgan fingerprint density at radius 1 is 1.27 bits per heavy atom. The summed E-state index contributed by atoms with van der Waals surface area (Å²) in [6, 6.07) is 5.54. The number of methoxy groups -OCH3 is 1. The quantitative estimate of drug-likeness (QED) is 0.504. The van der Waals surface area contributed by atoms with Gasteiger partial charge in [-0.2, -0.15) is 13.2 Å². The van der Waals surface area contributed by atoms with Crippen LogP contribution in [0.2, 0.25) is 0 Å². The Bertz CT molecular complexity index is 1190. The first kappa shape index (κ1) is 23.2. The highest BCUT2D eigenvalue weighted by molar-refractivity contribution is 7.13. The number of hydrogen-bond donors (Lipinski definition) is 1. The number of carbonyl (C=O) groups excluding carboxylic acids is 1. The number of aromatic nitrogens is 2. The van der Waals surface area contributed by atoms with Gasteiger partial charge in [-0.25, -0.2) is 14.8 Å². The minimum atomic E-state index is -4.64. The second-order valence-electron chi connectivity index (χ2n) is 7.89. The van der Waals surface area contributed by atoms with Gasteiger partial charge in [0.15, 0.2) is 0 Å². The molecule has 0 aliphatic carbocycles. The smallest absolute Gasteiger partial charge is 0.420 e. The Hall–Kier alpha value is -2.98. The van der Waals surface area contributed by atoms with E-state index in [0.29, 0.717) is 0 Å². The van der Waals surface area contributed by atoms with E-state index < -0.39 is 17.7 Å². The molecule has 174 valence electrons. The molecule has 0 spiro atoms. The number of esters is 1. The Labute approximate surface area is 193 Å². The summed E-state index contributed by atoms with van der Waals surface area (Å²) in [7, 11) is 3.30. The zero-order chi connectivity index (χ0) is 23.8. The molecule has 10 heteroatoms. The summed E-state index contributed by atoms with van der Waals surface area (Å²) in [5.41, 5.74) is 3.22. The first-order chi connectivity index (χ1) is 15.7. The van der Waals surface area contributed by atoms with Crippen LogP contribution in [0.5, 0.6) is 0 Å². The molecule has 33 heavy (non-hydrogen) atoms. The summed E-state index contributed by atoms with van der Waals surface area (Å²) in [6.45, 7) is 3.84. The Morgan fingerprint density at radius 2 is 2.06 bits per heavy atom. The maximum absolute atomic E-state index is 13.7. The fourth-order valence-electron chi connectivity index (χ4n) is 3.85. The number of halogens is 3. The van der Waals surface area contributed by atoms with Crippen molar-refractivity contribution >= 4 is 28.9 Å². The molecule has 0 fully saturated rings. The lowest BCUT2D eigenvalue weighted by Crippen LogP contribution is -2.26. The van der Waals surface area contributed by atoms with Crippen LogP contribution < -0.4 is 5.32 Å². The summed E-state index contributed by atoms with van der Waals surface area (Å²) in [5.74, 6) is -0.556. The van der Waals surface area contributed by atoms with Gasteiger partial charge in [-0.1, -0.05) is 13.0 Å². The van der Waals surface area contributed by atoms with Gasteiger partial charge in [0.2, 0.25) is 5.95 Å². The van der Waals surface area contributed by atoms with Gasteiger partial charge in [0, 0.05) is 30.4 Å². The first-order valence-corrected chi connectivity index (χ1v) is 11.3. The number of anilines is 2. The third-order valence-corrected chi connectivity index (χ3v) is 6.54. The lowest BCUT2D eigenvalue weighted by molar-refractivity contribution is -0.137. The summed E-state index contributed by atoms with van der Waals surface area (Å²) in [6.07, 6.45) is -2.22. The third-order valence-electron chi connectivity index (χ3n) is 5.60. The highest BCUT2D eigenvalue weighted by Gasteiger charge is 2.36. The van der Waals surface area contributed by atoms with E-state index >= 15 is 0 Å². The predicted octanol–water partition coefficient (Wildman–Crippen LogP) is 5.30. The van der Waals surface area contributed by atoms with Gasteiger partial charge in [0.05, 0.1) is 23.2 Å². The van der Waals surface area contributed by atoms with E-state index in [1.54, 1.807) is 0 Å². The molecule has 0 atom stereocenters. The SMILES string of the molecule is CCc1cc2c(cc1Nc1ncc(C(F)(F)F)c(-c3cc(C(=O)OC)cs3)n1)CCN(C)C2. The molecule has 3 aromatic rings. The average molecular weight is 477 g/mol. The number of thiophene rings is 1. The van der Waals surface area contributed by atoms with Crippen LogP contribution in [0.1, 0.15) is 39.5 Å². The average Bonchev–Trinajstić information content (AvgIpc) is 3.27. The van der Waals surface area contributed by atoms with Crippen LogP contribution in [0, 0.1) is 0 Å². The van der Waals surface area contributed by atoms with Gasteiger partial charge in [-0.15, -0.1) is 11.3 Å². The van der Waals surface area contributed by atoms with Gasteiger partial charge in [0.1, 0.15) is 5.56 Å². The molecule has 0 saturated carbocycles. The molecule has 4 rings (SSSR count). The van der Waals surface area contributed by atoms with Gasteiger partial charge >= 0.3 is 12.1 Å². The van der Waals surface area contributed by atoms with E-state index in [2.05, 4.69) is 38.0 Å². The van der Waals surface area contributed by atoms with E-state index in [1.165, 1.54) is 29.7 Å². The van der Waals surface area contributed by atoms with Crippen LogP contribution >= 0.6 is 11.3 Å². The van der Waals surface area contributed by atoms with Crippen LogP contribution in [-0.4, -0.2) is 41.5 Å². The Morgan fingerprint density at radius 3 is 2.76 bits per heavy atom. The Kier molecular flexibility index (Phi) is 6.40. The van der Waals surface area contributed by atoms with Gasteiger partial charge in [-0.05, 0) is 48.7 Å². The standard InChI is InChI=1S/C23H23F3N4O2S/c1-4-13-7-15-11-30(2)6-5-14(15)8-18(13)28-22-27-10-17(23(24,25)26)20(29-22)19-9-16(12-33-19)21(31)32-3/h7-10,12H,4-6,11H2,1-3H3,(H,27,28,29). The minimum absolute atomic E-state index is 0.0635. The molecular formula is C23H23F3N4O2S. The number of rotatable bonds is 5. The van der Waals surface area contributed by atoms with Crippen molar-refractivity contribution in [1.29, 1.82) is 0 Å². The zero-order valence-corrected chi connectivity index (χ0v) is 19.2. The summed E-state index contributed by atoms with van der Waals surface area (Å²) in [4.78, 5) is 22.4. The van der Waals surface area contributed by atoms with Crippen LogP contribution in [0.4, 0.5) is 24.8 Å². The molecule has 0 amide bonds. The van der Waals surface area contributed by atoms with Crippen molar-refractivity contribution in [3.63, 3.8) is 0 Å². The third kappa shape index (κ3) is 4.86. The van der Waals surface area contributed by atoms with Crippen molar-refractivity contribution in [3.8, 4) is 10.6 Å². The van der Waals surface area contributed by atoms with Crippen LogP contribution in [0.3, 0.4) is 0 Å². The highest BCUT2D eigenvalue weighted by atomic mass is 32.1. The molecule has 1 N–H and O–H groups in total. The zero-order valence-electron chi connectivity index (χ0n) is 18.4. The van der Waals surface area contributed by atoms with Gasteiger partial charge in [0.25, 0.3) is 0 Å². The van der Waals surface area contributed by atoms with Gasteiger partial charge in [-0.3, -0.25) is 0 Å². The number of aryl methyl sites for hydroxylation is 1. The molecule has 0 saturated heterocycles. The van der Waals surface area contributed by atoms with Crippen LogP contribution in [-0.2, 0) is 30.3 Å². The molecule has 3 heterocycles. The summed E-state index contributed by atoms with van der Waals surface area (Å²) in [5, 5.41) is 4.57. The molecule has 1 aliphatic heterocycles. The normalized spacial score (nSPS) is 14.1. The Balaban J connectivity index is 1.73. The molecule has 2 aromatic heterocycles. The number of likely N-dealkylation sites (N-methyl/N-ethyl adjacent to an activating group) is 1. The van der Waals surface area contributed by atoms with Crippen LogP contribution in [0.15, 0.2) is 29.8 Å². The number of nitrogens with zero attached hydrogens (tertiary/aromatic N) is 3. The maximum Gasteiger partial charge on any atom is 0.420 e. The number of alkyl halides is 3. The monoisotopic (exact) mass is 476 g/mol. The molecular weight excluding hydrogens is 453 g/mol. The van der Waals surface area contributed by atoms with E-state index in [0.717, 1.165) is 54.7 Å². The van der Waals surface area contributed by atoms with Crippen molar-refractivity contribution in [3.05, 3.63) is 57.6 Å². The number of carbonyl (C=O) groups is 1. The lowest BCUT2D eigenvalue weighted by Gasteiger charge is -2.26. The largest absolute Gasteiger partial charge is 0.465 e. The van der Waals surface area contributed by atoms with Crippen molar-refractivity contribution in [1.82, 2.24) is 14.9 Å². The number of hydrogen-bond acceptors (Lipinski definition) is 7. The highest BCUT2D eigenvalue weighted by Crippen LogP contribution is 2.39. The number of fused-ring (bicyclic) bond motifs is 1. The fraction of sp³-hybridized carbons (Fsp3) is 0.348. The molecule has 6 nitrogen and oxygen atoms in total. The number of nitrogens with one attached hydrogen (secondary N) is 1. The topological polar surface area (TPSA) is 67.3 Å². The van der Waals surface area contributed by atoms with Crippen molar-refractivity contribution in [2.75, 3.05) is 26.0 Å². The van der Waals surface area contributed by atoms with E-state index in [4.69, 9.17) is 0 Å². The fourth-order valence-corrected chi connectivity index (χ4v) is 4.73. The summed E-state index contributed by atoms with van der Waals surface area (Å²) < 4.78 is 45.7. The second-order valence-corrected chi connectivity index (χ2v) is 8.80.